The van der Waals surface area contributed by atoms with E-state index in [1.54, 1.807) is 4.90 Å². The van der Waals surface area contributed by atoms with E-state index in [0.29, 0.717) is 19.5 Å². The van der Waals surface area contributed by atoms with Crippen LogP contribution in [0.1, 0.15) is 32.8 Å². The first-order valence-corrected chi connectivity index (χ1v) is 7.77. The SMILES string of the molecule is CCN(CC)C(=O)NCC(O)(CC)c1ccc(Br)cc1. The van der Waals surface area contributed by atoms with Gasteiger partial charge in [0.2, 0.25) is 0 Å². The molecule has 0 bridgehead atoms. The molecule has 0 saturated heterocycles. The largest absolute Gasteiger partial charge is 0.383 e. The highest BCUT2D eigenvalue weighted by Gasteiger charge is 2.28. The van der Waals surface area contributed by atoms with Gasteiger partial charge >= 0.3 is 6.03 Å². The number of hydrogen-bond acceptors (Lipinski definition) is 2. The lowest BCUT2D eigenvalue weighted by atomic mass is 9.91. The molecular weight excluding hydrogens is 320 g/mol. The van der Waals surface area contributed by atoms with Crippen LogP contribution >= 0.6 is 15.9 Å². The molecule has 20 heavy (non-hydrogen) atoms. The number of carbonyl (C=O) groups is 1. The number of nitrogens with one attached hydrogen (secondary N) is 1. The second kappa shape index (κ2) is 7.64. The predicted molar refractivity (Wildman–Crippen MR) is 84.6 cm³/mol. The Kier molecular flexibility index (Phi) is 6.49. The second-order valence-corrected chi connectivity index (χ2v) is 5.64. The van der Waals surface area contributed by atoms with Gasteiger partial charge in [0.1, 0.15) is 5.60 Å². The first-order chi connectivity index (χ1) is 9.46. The molecule has 0 heterocycles. The number of aliphatic hydroxyl groups is 1. The summed E-state index contributed by atoms with van der Waals surface area (Å²) in [5, 5.41) is 13.5. The van der Waals surface area contributed by atoms with Crippen molar-refractivity contribution in [1.82, 2.24) is 10.2 Å². The van der Waals surface area contributed by atoms with Crippen LogP contribution < -0.4 is 5.32 Å². The third-order valence-electron chi connectivity index (χ3n) is 3.55. The van der Waals surface area contributed by atoms with Crippen molar-refractivity contribution in [3.63, 3.8) is 0 Å². The second-order valence-electron chi connectivity index (χ2n) is 4.72. The van der Waals surface area contributed by atoms with Crippen LogP contribution in [0.4, 0.5) is 4.79 Å². The van der Waals surface area contributed by atoms with Crippen molar-refractivity contribution >= 4 is 22.0 Å². The van der Waals surface area contributed by atoms with Crippen molar-refractivity contribution in [1.29, 1.82) is 0 Å². The Balaban J connectivity index is 2.75. The highest BCUT2D eigenvalue weighted by atomic mass is 79.9. The number of nitrogens with zero attached hydrogens (tertiary/aromatic N) is 1. The van der Waals surface area contributed by atoms with Crippen molar-refractivity contribution in [2.45, 2.75) is 32.8 Å². The fraction of sp³-hybridized carbons (Fsp3) is 0.533. The third kappa shape index (κ3) is 4.21. The smallest absolute Gasteiger partial charge is 0.317 e. The molecule has 0 radical (unpaired) electrons. The monoisotopic (exact) mass is 342 g/mol. The standard InChI is InChI=1S/C15H23BrN2O2/c1-4-15(20,12-7-9-13(16)10-8-12)11-17-14(19)18(5-2)6-3/h7-10,20H,4-6,11H2,1-3H3,(H,17,19). The fourth-order valence-corrected chi connectivity index (χ4v) is 2.30. The molecule has 0 fully saturated rings. The van der Waals surface area contributed by atoms with E-state index in [2.05, 4.69) is 21.2 Å². The first kappa shape index (κ1) is 17.0. The van der Waals surface area contributed by atoms with E-state index in [4.69, 9.17) is 0 Å². The Morgan fingerprint density at radius 2 is 1.80 bits per heavy atom. The molecule has 4 nitrogen and oxygen atoms in total. The molecule has 0 aliphatic carbocycles. The van der Waals surface area contributed by atoms with Gasteiger partial charge in [-0.1, -0.05) is 35.0 Å². The average molecular weight is 343 g/mol. The summed E-state index contributed by atoms with van der Waals surface area (Å²) >= 11 is 3.38. The number of rotatable bonds is 6. The lowest BCUT2D eigenvalue weighted by Crippen LogP contribution is -2.46. The molecule has 2 amide bonds. The Hall–Kier alpha value is -1.07. The molecule has 2 N–H and O–H groups in total. The molecule has 1 atom stereocenters. The van der Waals surface area contributed by atoms with Crippen LogP contribution in [0.5, 0.6) is 0 Å². The van der Waals surface area contributed by atoms with Gasteiger partial charge in [-0.05, 0) is 38.0 Å². The summed E-state index contributed by atoms with van der Waals surface area (Å²) in [6, 6.07) is 7.39. The van der Waals surface area contributed by atoms with Gasteiger partial charge in [0.05, 0.1) is 6.54 Å². The molecular formula is C15H23BrN2O2. The number of urea groups is 1. The molecule has 0 aliphatic heterocycles. The van der Waals surface area contributed by atoms with E-state index >= 15 is 0 Å². The van der Waals surface area contributed by atoms with Gasteiger partial charge < -0.3 is 15.3 Å². The van der Waals surface area contributed by atoms with E-state index in [1.165, 1.54) is 0 Å². The van der Waals surface area contributed by atoms with Crippen LogP contribution in [0, 0.1) is 0 Å². The predicted octanol–water partition coefficient (Wildman–Crippen LogP) is 3.10. The molecule has 0 aromatic heterocycles. The van der Waals surface area contributed by atoms with Gasteiger partial charge in [0, 0.05) is 17.6 Å². The minimum absolute atomic E-state index is 0.140. The van der Waals surface area contributed by atoms with E-state index in [9.17, 15) is 9.90 Å². The van der Waals surface area contributed by atoms with Gasteiger partial charge in [-0.2, -0.15) is 0 Å². The topological polar surface area (TPSA) is 52.6 Å². The van der Waals surface area contributed by atoms with Crippen LogP contribution in [0.25, 0.3) is 0 Å². The first-order valence-electron chi connectivity index (χ1n) is 6.98. The van der Waals surface area contributed by atoms with Crippen LogP contribution in [0.2, 0.25) is 0 Å². The van der Waals surface area contributed by atoms with E-state index in [-0.39, 0.29) is 12.6 Å². The number of hydrogen-bond donors (Lipinski definition) is 2. The summed E-state index contributed by atoms with van der Waals surface area (Å²) in [6.45, 7) is 7.30. The molecule has 0 saturated carbocycles. The normalized spacial score (nSPS) is 13.7. The lowest BCUT2D eigenvalue weighted by molar-refractivity contribution is 0.0338. The molecule has 5 heteroatoms. The Bertz CT molecular complexity index is 432. The fourth-order valence-electron chi connectivity index (χ4n) is 2.04. The molecule has 112 valence electrons. The minimum atomic E-state index is -1.04. The third-order valence-corrected chi connectivity index (χ3v) is 4.08. The highest BCUT2D eigenvalue weighted by molar-refractivity contribution is 9.10. The Morgan fingerprint density at radius 3 is 2.25 bits per heavy atom. The average Bonchev–Trinajstić information content (AvgIpc) is 2.46. The van der Waals surface area contributed by atoms with Gasteiger partial charge in [-0.3, -0.25) is 0 Å². The minimum Gasteiger partial charge on any atom is -0.383 e. The van der Waals surface area contributed by atoms with E-state index in [0.717, 1.165) is 10.0 Å². The maximum absolute atomic E-state index is 11.9. The molecule has 1 rings (SSSR count). The summed E-state index contributed by atoms with van der Waals surface area (Å²) in [5.41, 5.74) is -0.230. The summed E-state index contributed by atoms with van der Waals surface area (Å²) in [7, 11) is 0. The number of halogens is 1. The number of amides is 2. The van der Waals surface area contributed by atoms with Gasteiger partial charge in [0.25, 0.3) is 0 Å². The van der Waals surface area contributed by atoms with Crippen LogP contribution in [0.3, 0.4) is 0 Å². The lowest BCUT2D eigenvalue weighted by Gasteiger charge is -2.29. The van der Waals surface area contributed by atoms with E-state index in [1.807, 2.05) is 45.0 Å². The molecule has 1 aromatic carbocycles. The summed E-state index contributed by atoms with van der Waals surface area (Å²) in [4.78, 5) is 13.6. The van der Waals surface area contributed by atoms with Crippen molar-refractivity contribution in [2.75, 3.05) is 19.6 Å². The number of carbonyl (C=O) groups excluding carboxylic acids is 1. The van der Waals surface area contributed by atoms with Crippen molar-refractivity contribution in [2.24, 2.45) is 0 Å². The molecule has 0 spiro atoms. The summed E-state index contributed by atoms with van der Waals surface area (Å²) in [5.74, 6) is 0. The maximum Gasteiger partial charge on any atom is 0.317 e. The zero-order valence-corrected chi connectivity index (χ0v) is 13.9. The molecule has 0 aliphatic rings. The Labute approximate surface area is 129 Å². The van der Waals surface area contributed by atoms with Gasteiger partial charge in [-0.25, -0.2) is 4.79 Å². The van der Waals surface area contributed by atoms with Crippen LogP contribution in [0.15, 0.2) is 28.7 Å². The Morgan fingerprint density at radius 1 is 1.25 bits per heavy atom. The van der Waals surface area contributed by atoms with Crippen LogP contribution in [-0.4, -0.2) is 35.7 Å². The quantitative estimate of drug-likeness (QED) is 0.834. The van der Waals surface area contributed by atoms with E-state index < -0.39 is 5.60 Å². The maximum atomic E-state index is 11.9. The summed E-state index contributed by atoms with van der Waals surface area (Å²) < 4.78 is 0.965. The van der Waals surface area contributed by atoms with Crippen LogP contribution in [-0.2, 0) is 5.60 Å². The van der Waals surface area contributed by atoms with Crippen molar-refractivity contribution in [3.05, 3.63) is 34.3 Å². The van der Waals surface area contributed by atoms with Gasteiger partial charge in [-0.15, -0.1) is 0 Å². The molecule has 1 unspecified atom stereocenters. The van der Waals surface area contributed by atoms with Crippen molar-refractivity contribution < 1.29 is 9.90 Å². The zero-order valence-electron chi connectivity index (χ0n) is 12.3. The number of benzene rings is 1. The highest BCUT2D eigenvalue weighted by Crippen LogP contribution is 2.25. The molecule has 1 aromatic rings. The zero-order chi connectivity index (χ0) is 15.2. The van der Waals surface area contributed by atoms with Crippen molar-refractivity contribution in [3.8, 4) is 0 Å². The summed E-state index contributed by atoms with van der Waals surface area (Å²) in [6.07, 6.45) is 0.535. The van der Waals surface area contributed by atoms with Gasteiger partial charge in [0.15, 0.2) is 0 Å².